The summed E-state index contributed by atoms with van der Waals surface area (Å²) < 4.78 is 0. The molecule has 16 heavy (non-hydrogen) atoms. The molecule has 0 radical (unpaired) electrons. The molecule has 0 bridgehead atoms. The number of nitrogens with zero attached hydrogens (tertiary/aromatic N) is 2. The zero-order chi connectivity index (χ0) is 11.5. The van der Waals surface area contributed by atoms with E-state index in [-0.39, 0.29) is 0 Å². The molecule has 0 fully saturated rings. The van der Waals surface area contributed by atoms with Crippen LogP contribution in [-0.4, -0.2) is 9.97 Å². The van der Waals surface area contributed by atoms with E-state index in [1.54, 1.807) is 17.5 Å². The number of aromatic nitrogens is 2. The quantitative estimate of drug-likeness (QED) is 0.852. The van der Waals surface area contributed by atoms with Crippen LogP contribution < -0.4 is 5.32 Å². The van der Waals surface area contributed by atoms with Crippen molar-refractivity contribution >= 4 is 28.6 Å². The van der Waals surface area contributed by atoms with Crippen LogP contribution in [0.4, 0.5) is 5.69 Å². The van der Waals surface area contributed by atoms with Gasteiger partial charge in [-0.15, -0.1) is 11.3 Å². The maximum Gasteiger partial charge on any atom is 0.129 e. The Bertz CT molecular complexity index is 496. The molecular weight excluding hydrogens is 242 g/mol. The Morgan fingerprint density at radius 3 is 2.88 bits per heavy atom. The minimum Gasteiger partial charge on any atom is -0.378 e. The summed E-state index contributed by atoms with van der Waals surface area (Å²) >= 11 is 7.45. The summed E-state index contributed by atoms with van der Waals surface area (Å²) in [4.78, 5) is 8.43. The van der Waals surface area contributed by atoms with Crippen LogP contribution in [-0.2, 0) is 6.54 Å². The van der Waals surface area contributed by atoms with E-state index in [2.05, 4.69) is 20.7 Å². The maximum atomic E-state index is 5.79. The molecule has 0 aromatic carbocycles. The van der Waals surface area contributed by atoms with E-state index in [9.17, 15) is 0 Å². The smallest absolute Gasteiger partial charge is 0.129 e. The molecule has 1 N–H and O–H groups in total. The largest absolute Gasteiger partial charge is 0.378 e. The van der Waals surface area contributed by atoms with Gasteiger partial charge in [-0.3, -0.25) is 0 Å². The molecule has 3 nitrogen and oxygen atoms in total. The van der Waals surface area contributed by atoms with Gasteiger partial charge in [-0.05, 0) is 25.5 Å². The average Bonchev–Trinajstić information content (AvgIpc) is 2.63. The molecule has 0 saturated carbocycles. The van der Waals surface area contributed by atoms with Crippen molar-refractivity contribution in [2.45, 2.75) is 20.4 Å². The Morgan fingerprint density at radius 2 is 2.25 bits per heavy atom. The van der Waals surface area contributed by atoms with E-state index >= 15 is 0 Å². The third kappa shape index (κ3) is 2.71. The molecule has 0 atom stereocenters. The van der Waals surface area contributed by atoms with Crippen LogP contribution in [0, 0.1) is 13.8 Å². The van der Waals surface area contributed by atoms with Crippen molar-refractivity contribution in [1.29, 1.82) is 0 Å². The standard InChI is InChI=1S/C11H12ClN3S/c1-7-3-11(12)14-5-10(7)13-4-9-6-16-8(2)15-9/h3,5-6,13H,4H2,1-2H3. The van der Waals surface area contributed by atoms with E-state index in [0.717, 1.165) is 22.0 Å². The topological polar surface area (TPSA) is 37.8 Å². The molecule has 84 valence electrons. The highest BCUT2D eigenvalue weighted by Crippen LogP contribution is 2.18. The fourth-order valence-corrected chi connectivity index (χ4v) is 2.21. The minimum absolute atomic E-state index is 0.521. The Hall–Kier alpha value is -1.13. The first-order chi connectivity index (χ1) is 7.65. The molecule has 0 aliphatic heterocycles. The number of halogens is 1. The highest BCUT2D eigenvalue weighted by atomic mass is 35.5. The minimum atomic E-state index is 0.521. The second kappa shape index (κ2) is 4.80. The predicted molar refractivity (Wildman–Crippen MR) is 68.2 cm³/mol. The molecule has 0 unspecified atom stereocenters. The molecule has 0 amide bonds. The first-order valence-corrected chi connectivity index (χ1v) is 6.18. The molecule has 2 aromatic heterocycles. The van der Waals surface area contributed by atoms with Gasteiger partial charge in [0.1, 0.15) is 5.15 Å². The van der Waals surface area contributed by atoms with Gasteiger partial charge in [-0.1, -0.05) is 11.6 Å². The van der Waals surface area contributed by atoms with Crippen molar-refractivity contribution in [3.05, 3.63) is 39.1 Å². The van der Waals surface area contributed by atoms with Crippen LogP contribution >= 0.6 is 22.9 Å². The summed E-state index contributed by atoms with van der Waals surface area (Å²) in [6.45, 7) is 4.72. The number of hydrogen-bond donors (Lipinski definition) is 1. The molecule has 2 aromatic rings. The highest BCUT2D eigenvalue weighted by molar-refractivity contribution is 7.09. The lowest BCUT2D eigenvalue weighted by Crippen LogP contribution is -2.01. The average molecular weight is 254 g/mol. The van der Waals surface area contributed by atoms with Crippen molar-refractivity contribution < 1.29 is 0 Å². The Morgan fingerprint density at radius 1 is 1.44 bits per heavy atom. The van der Waals surface area contributed by atoms with Gasteiger partial charge in [0, 0.05) is 5.38 Å². The second-order valence-electron chi connectivity index (χ2n) is 3.53. The second-order valence-corrected chi connectivity index (χ2v) is 4.98. The van der Waals surface area contributed by atoms with Gasteiger partial charge in [0.15, 0.2) is 0 Å². The molecule has 0 aliphatic carbocycles. The van der Waals surface area contributed by atoms with Gasteiger partial charge in [-0.2, -0.15) is 0 Å². The van der Waals surface area contributed by atoms with Crippen LogP contribution in [0.5, 0.6) is 0 Å². The summed E-state index contributed by atoms with van der Waals surface area (Å²) in [6.07, 6.45) is 1.75. The third-order valence-corrected chi connectivity index (χ3v) is 3.23. The summed E-state index contributed by atoms with van der Waals surface area (Å²) in [5.41, 5.74) is 3.14. The molecular formula is C11H12ClN3S. The van der Waals surface area contributed by atoms with Crippen LogP contribution in [0.2, 0.25) is 5.15 Å². The number of anilines is 1. The van der Waals surface area contributed by atoms with Gasteiger partial charge in [-0.25, -0.2) is 9.97 Å². The van der Waals surface area contributed by atoms with Crippen LogP contribution in [0.1, 0.15) is 16.3 Å². The van der Waals surface area contributed by atoms with Gasteiger partial charge in [0.05, 0.1) is 29.1 Å². The maximum absolute atomic E-state index is 5.79. The fourth-order valence-electron chi connectivity index (χ4n) is 1.38. The lowest BCUT2D eigenvalue weighted by Gasteiger charge is -2.07. The van der Waals surface area contributed by atoms with Crippen molar-refractivity contribution in [2.24, 2.45) is 0 Å². The Balaban J connectivity index is 2.04. The van der Waals surface area contributed by atoms with Crippen molar-refractivity contribution in [2.75, 3.05) is 5.32 Å². The number of thiazole rings is 1. The zero-order valence-corrected chi connectivity index (χ0v) is 10.7. The van der Waals surface area contributed by atoms with E-state index in [1.165, 1.54) is 0 Å². The number of rotatable bonds is 3. The van der Waals surface area contributed by atoms with Crippen molar-refractivity contribution in [1.82, 2.24) is 9.97 Å². The first-order valence-electron chi connectivity index (χ1n) is 4.92. The predicted octanol–water partition coefficient (Wildman–Crippen LogP) is 3.42. The summed E-state index contributed by atoms with van der Waals surface area (Å²) in [6, 6.07) is 1.84. The van der Waals surface area contributed by atoms with Gasteiger partial charge >= 0.3 is 0 Å². The number of hydrogen-bond acceptors (Lipinski definition) is 4. The first kappa shape index (κ1) is 11.4. The summed E-state index contributed by atoms with van der Waals surface area (Å²) in [5.74, 6) is 0. The summed E-state index contributed by atoms with van der Waals surface area (Å²) in [7, 11) is 0. The number of aryl methyl sites for hydroxylation is 2. The monoisotopic (exact) mass is 253 g/mol. The lowest BCUT2D eigenvalue weighted by atomic mass is 10.2. The normalized spacial score (nSPS) is 10.4. The summed E-state index contributed by atoms with van der Waals surface area (Å²) in [5, 5.41) is 6.96. The lowest BCUT2D eigenvalue weighted by molar-refractivity contribution is 1.05. The SMILES string of the molecule is Cc1nc(CNc2cnc(Cl)cc2C)cs1. The molecule has 0 saturated heterocycles. The van der Waals surface area contributed by atoms with Crippen LogP contribution in [0.15, 0.2) is 17.6 Å². The van der Waals surface area contributed by atoms with E-state index < -0.39 is 0 Å². The van der Waals surface area contributed by atoms with E-state index in [0.29, 0.717) is 11.7 Å². The zero-order valence-electron chi connectivity index (χ0n) is 9.12. The van der Waals surface area contributed by atoms with E-state index in [1.807, 2.05) is 19.9 Å². The van der Waals surface area contributed by atoms with Crippen LogP contribution in [0.3, 0.4) is 0 Å². The number of nitrogens with one attached hydrogen (secondary N) is 1. The van der Waals surface area contributed by atoms with Gasteiger partial charge in [0.25, 0.3) is 0 Å². The van der Waals surface area contributed by atoms with Gasteiger partial charge < -0.3 is 5.32 Å². The Kier molecular flexibility index (Phi) is 3.41. The van der Waals surface area contributed by atoms with Gasteiger partial charge in [0.2, 0.25) is 0 Å². The molecule has 0 aliphatic rings. The molecule has 5 heteroatoms. The van der Waals surface area contributed by atoms with E-state index in [4.69, 9.17) is 11.6 Å². The van der Waals surface area contributed by atoms with Crippen LogP contribution in [0.25, 0.3) is 0 Å². The molecule has 2 rings (SSSR count). The molecule has 2 heterocycles. The van der Waals surface area contributed by atoms with Crippen molar-refractivity contribution in [3.63, 3.8) is 0 Å². The highest BCUT2D eigenvalue weighted by Gasteiger charge is 2.02. The fraction of sp³-hybridized carbons (Fsp3) is 0.273. The van der Waals surface area contributed by atoms with Crippen molar-refractivity contribution in [3.8, 4) is 0 Å². The third-order valence-electron chi connectivity index (χ3n) is 2.20. The Labute approximate surface area is 104 Å². The molecule has 0 spiro atoms. The number of pyridine rings is 1.